The maximum Gasteiger partial charge on any atom is 0.202 e. The summed E-state index contributed by atoms with van der Waals surface area (Å²) < 4.78 is 5.46. The Bertz CT molecular complexity index is 1340. The predicted octanol–water partition coefficient (Wildman–Crippen LogP) is 10.5. The molecule has 1 fully saturated rings. The van der Waals surface area contributed by atoms with Crippen LogP contribution >= 0.6 is 11.6 Å². The van der Waals surface area contributed by atoms with Gasteiger partial charge in [0, 0.05) is 44.0 Å². The number of morpholine rings is 1. The van der Waals surface area contributed by atoms with Crippen LogP contribution in [-0.2, 0) is 14.3 Å². The number of aryl methyl sites for hydroxylation is 3. The molecule has 2 aromatic carbocycles. The van der Waals surface area contributed by atoms with Crippen molar-refractivity contribution in [3.8, 4) is 11.8 Å². The number of Topliss-reactive ketones (excluding diaryl/α,β-unsaturated/α-hetero) is 1. The average Bonchev–Trinajstić information content (AvgIpc) is 3.12. The number of hydrogen-bond donors (Lipinski definition) is 1. The van der Waals surface area contributed by atoms with Crippen molar-refractivity contribution in [2.45, 2.75) is 110 Å². The van der Waals surface area contributed by atoms with Crippen LogP contribution in [0.4, 0.5) is 11.4 Å². The van der Waals surface area contributed by atoms with Crippen LogP contribution in [0, 0.1) is 32.6 Å². The van der Waals surface area contributed by atoms with Crippen LogP contribution in [0.2, 0.25) is 6.82 Å². The number of nitrogens with one attached hydrogen (secondary N) is 1. The molecule has 277 valence electrons. The SMILES string of the molecule is C=C(C)/C(Cl)=C\N=C(C)Nc1cc(C)c(N2CCOCC2)cc1[B]C.C=C=O.CC.CC.CC.CCCC#CC(C)=O.Cc1ccccc1C. The first kappa shape index (κ1) is 53.0. The molecule has 2 aromatic rings. The lowest BCUT2D eigenvalue weighted by Crippen LogP contribution is -2.37. The molecule has 50 heavy (non-hydrogen) atoms. The van der Waals surface area contributed by atoms with E-state index < -0.39 is 0 Å². The van der Waals surface area contributed by atoms with Gasteiger partial charge in [-0.3, -0.25) is 4.79 Å². The number of hydrogen-bond acceptors (Lipinski definition) is 5. The molecule has 0 atom stereocenters. The Kier molecular flexibility index (Phi) is 38.6. The number of carbonyl (C=O) groups is 1. The van der Waals surface area contributed by atoms with Gasteiger partial charge in [0.05, 0.1) is 18.2 Å². The molecule has 1 aliphatic rings. The fourth-order valence-corrected chi connectivity index (χ4v) is 3.72. The fraction of sp³-hybridized carbons (Fsp3) is 0.476. The van der Waals surface area contributed by atoms with E-state index in [1.807, 2.05) is 69.1 Å². The smallest absolute Gasteiger partial charge is 0.202 e. The van der Waals surface area contributed by atoms with Crippen LogP contribution in [0.3, 0.4) is 0 Å². The first-order valence-electron chi connectivity index (χ1n) is 17.7. The number of benzene rings is 2. The van der Waals surface area contributed by atoms with Gasteiger partial charge in [0.2, 0.25) is 5.78 Å². The number of carbonyl (C=O) groups excluding carboxylic acids is 2. The molecule has 1 saturated heterocycles. The zero-order chi connectivity index (χ0) is 39.5. The molecule has 6 nitrogen and oxygen atoms in total. The number of ether oxygens (including phenoxy) is 1. The maximum absolute atomic E-state index is 10.1. The van der Waals surface area contributed by atoms with Crippen LogP contribution in [-0.4, -0.2) is 51.1 Å². The molecule has 1 radical (unpaired) electrons. The number of unbranched alkanes of at least 4 members (excludes halogenated alkanes) is 1. The maximum atomic E-state index is 10.1. The number of anilines is 2. The number of amidine groups is 1. The molecule has 0 unspecified atom stereocenters. The van der Waals surface area contributed by atoms with Gasteiger partial charge in [-0.1, -0.05) is 109 Å². The number of halogens is 1. The summed E-state index contributed by atoms with van der Waals surface area (Å²) in [4.78, 5) is 25.5. The second-order valence-corrected chi connectivity index (χ2v) is 10.5. The van der Waals surface area contributed by atoms with Crippen molar-refractivity contribution in [3.05, 3.63) is 83.1 Å². The summed E-state index contributed by atoms with van der Waals surface area (Å²) in [6.07, 6.45) is 3.48. The lowest BCUT2D eigenvalue weighted by Gasteiger charge is -2.31. The van der Waals surface area contributed by atoms with E-state index in [0.717, 1.165) is 61.7 Å². The highest BCUT2D eigenvalue weighted by atomic mass is 35.5. The van der Waals surface area contributed by atoms with Gasteiger partial charge in [-0.05, 0) is 87.9 Å². The summed E-state index contributed by atoms with van der Waals surface area (Å²) in [5.41, 5.74) is 8.22. The highest BCUT2D eigenvalue weighted by Crippen LogP contribution is 2.23. The highest BCUT2D eigenvalue weighted by Gasteiger charge is 2.15. The standard InChI is InChI=1S/C19H26BClN3O.C8H10.C7H10O.C2H2O.3C2H6/c1-13(2)17(21)12-22-15(4)23-18-10-14(3)19(11-16(18)20-5)24-6-8-25-9-7-24;1-7-5-3-4-6-8(7)2;1-3-4-5-6-7(2)8;1-2-3;3*1-2/h10-12H,1,6-9H2,2-5H3,(H,22,23);3-6H,1-2H3;3-4H2,1-2H3;1H2;3*1-2H3/b17-12+;;;;;;. The van der Waals surface area contributed by atoms with E-state index >= 15 is 0 Å². The normalized spacial score (nSPS) is 11.1. The van der Waals surface area contributed by atoms with Crippen molar-refractivity contribution >= 4 is 53.3 Å². The van der Waals surface area contributed by atoms with Crippen molar-refractivity contribution in [1.29, 1.82) is 0 Å². The van der Waals surface area contributed by atoms with Gasteiger partial charge in [-0.25, -0.2) is 9.79 Å². The molecule has 0 spiro atoms. The molecule has 0 amide bonds. The minimum absolute atomic E-state index is 0.0431. The monoisotopic (exact) mass is 706 g/mol. The van der Waals surface area contributed by atoms with Gasteiger partial charge >= 0.3 is 0 Å². The molecule has 0 aromatic heterocycles. The lowest BCUT2D eigenvalue weighted by molar-refractivity contribution is -0.111. The van der Waals surface area contributed by atoms with E-state index in [1.165, 1.54) is 35.2 Å². The predicted molar refractivity (Wildman–Crippen MR) is 226 cm³/mol. The summed E-state index contributed by atoms with van der Waals surface area (Å²) in [6.45, 7) is 37.6. The number of allylic oxidation sites excluding steroid dienone is 2. The first-order valence-corrected chi connectivity index (χ1v) is 18.0. The lowest BCUT2D eigenvalue weighted by atomic mass is 9.71. The van der Waals surface area contributed by atoms with Crippen LogP contribution in [0.15, 0.2) is 71.4 Å². The molecular weight excluding hydrogens is 641 g/mol. The van der Waals surface area contributed by atoms with Gasteiger partial charge in [-0.2, -0.15) is 0 Å². The minimum Gasteiger partial charge on any atom is -0.378 e. The molecule has 1 heterocycles. The Hall–Kier alpha value is -3.82. The van der Waals surface area contributed by atoms with Crippen molar-refractivity contribution in [2.24, 2.45) is 4.99 Å². The first-order chi connectivity index (χ1) is 23.9. The van der Waals surface area contributed by atoms with Gasteiger partial charge in [-0.15, -0.1) is 0 Å². The minimum atomic E-state index is -0.0431. The molecule has 0 aliphatic carbocycles. The summed E-state index contributed by atoms with van der Waals surface area (Å²) in [7, 11) is 2.11. The topological polar surface area (TPSA) is 71.0 Å². The second kappa shape index (κ2) is 36.5. The summed E-state index contributed by atoms with van der Waals surface area (Å²) in [6, 6.07) is 12.8. The Morgan fingerprint density at radius 2 is 1.50 bits per heavy atom. The third kappa shape index (κ3) is 27.1. The van der Waals surface area contributed by atoms with Crippen LogP contribution in [0.25, 0.3) is 0 Å². The van der Waals surface area contributed by atoms with E-state index in [2.05, 4.69) is 105 Å². The van der Waals surface area contributed by atoms with Crippen molar-refractivity contribution in [3.63, 3.8) is 0 Å². The quantitative estimate of drug-likeness (QED) is 0.0616. The van der Waals surface area contributed by atoms with Crippen molar-refractivity contribution in [2.75, 3.05) is 36.5 Å². The number of rotatable bonds is 6. The molecule has 1 aliphatic heterocycles. The van der Waals surface area contributed by atoms with Gasteiger partial charge < -0.3 is 15.0 Å². The largest absolute Gasteiger partial charge is 0.378 e. The Labute approximate surface area is 312 Å². The van der Waals surface area contributed by atoms with Gasteiger partial charge in [0.15, 0.2) is 7.28 Å². The van der Waals surface area contributed by atoms with Crippen molar-refractivity contribution in [1.82, 2.24) is 0 Å². The second-order valence-electron chi connectivity index (χ2n) is 10.0. The summed E-state index contributed by atoms with van der Waals surface area (Å²) >= 11 is 6.06. The van der Waals surface area contributed by atoms with Crippen LogP contribution < -0.4 is 15.7 Å². The average molecular weight is 707 g/mol. The Morgan fingerprint density at radius 3 is 1.90 bits per heavy atom. The highest BCUT2D eigenvalue weighted by molar-refractivity contribution is 6.54. The molecule has 8 heteroatoms. The van der Waals surface area contributed by atoms with Crippen LogP contribution in [0.5, 0.6) is 0 Å². The molecule has 1 N–H and O–H groups in total. The van der Waals surface area contributed by atoms with E-state index in [4.69, 9.17) is 21.1 Å². The zero-order valence-electron chi connectivity index (χ0n) is 33.8. The van der Waals surface area contributed by atoms with Crippen LogP contribution in [0.1, 0.15) is 98.8 Å². The number of nitrogens with zero attached hydrogens (tertiary/aromatic N) is 2. The van der Waals surface area contributed by atoms with E-state index in [1.54, 1.807) is 6.20 Å². The van der Waals surface area contributed by atoms with Crippen molar-refractivity contribution < 1.29 is 14.3 Å². The molecule has 3 rings (SSSR count). The number of aliphatic imine (C=N–C) groups is 1. The van der Waals surface area contributed by atoms with E-state index in [-0.39, 0.29) is 5.78 Å². The molecule has 0 bridgehead atoms. The number of ketones is 1. The van der Waals surface area contributed by atoms with E-state index in [9.17, 15) is 4.79 Å². The Morgan fingerprint density at radius 1 is 1.00 bits per heavy atom. The van der Waals surface area contributed by atoms with E-state index in [0.29, 0.717) is 5.03 Å². The summed E-state index contributed by atoms with van der Waals surface area (Å²) in [5, 5.41) is 3.93. The van der Waals surface area contributed by atoms with Gasteiger partial charge in [0.25, 0.3) is 0 Å². The third-order valence-electron chi connectivity index (χ3n) is 6.19. The zero-order valence-corrected chi connectivity index (χ0v) is 34.5. The Balaban J connectivity index is -0.000000346. The van der Waals surface area contributed by atoms with Gasteiger partial charge in [0.1, 0.15) is 11.8 Å². The molecular formula is C42H66BClN3O3. The molecule has 0 saturated carbocycles. The summed E-state index contributed by atoms with van der Waals surface area (Å²) in [5.74, 6) is 7.18. The fourth-order valence-electron chi connectivity index (χ4n) is 3.67. The third-order valence-corrected chi connectivity index (χ3v) is 6.61.